The SMILES string of the molecule is CCCc1cc(NC(=O)c2ccc(-n3ccc(C(F)(F)F)n3)cc2)n[nH]1. The Balaban J connectivity index is 1.70. The second-order valence-corrected chi connectivity index (χ2v) is 5.67. The second kappa shape index (κ2) is 7.03. The molecule has 1 aromatic carbocycles. The van der Waals surface area contributed by atoms with Crippen LogP contribution in [0.3, 0.4) is 0 Å². The summed E-state index contributed by atoms with van der Waals surface area (Å²) in [6, 6.07) is 8.73. The number of hydrogen-bond acceptors (Lipinski definition) is 3. The molecular formula is C17H16F3N5O. The van der Waals surface area contributed by atoms with Crippen molar-refractivity contribution in [2.75, 3.05) is 5.32 Å². The number of H-pyrrole nitrogens is 1. The van der Waals surface area contributed by atoms with E-state index >= 15 is 0 Å². The number of nitrogens with one attached hydrogen (secondary N) is 2. The molecule has 136 valence electrons. The maximum Gasteiger partial charge on any atom is 0.435 e. The fraction of sp³-hybridized carbons (Fsp3) is 0.235. The van der Waals surface area contributed by atoms with E-state index in [2.05, 4.69) is 20.6 Å². The molecule has 2 aromatic heterocycles. The maximum absolute atomic E-state index is 12.6. The highest BCUT2D eigenvalue weighted by atomic mass is 19.4. The predicted octanol–water partition coefficient (Wildman–Crippen LogP) is 3.82. The molecule has 0 saturated carbocycles. The van der Waals surface area contributed by atoms with Crippen LogP contribution in [0.2, 0.25) is 0 Å². The van der Waals surface area contributed by atoms with Crippen LogP contribution in [0.25, 0.3) is 5.69 Å². The third-order valence-corrected chi connectivity index (χ3v) is 3.67. The van der Waals surface area contributed by atoms with Crippen molar-refractivity contribution in [3.05, 3.63) is 59.5 Å². The predicted molar refractivity (Wildman–Crippen MR) is 89.1 cm³/mol. The quantitative estimate of drug-likeness (QED) is 0.724. The molecule has 0 unspecified atom stereocenters. The first kappa shape index (κ1) is 17.7. The maximum atomic E-state index is 12.6. The lowest BCUT2D eigenvalue weighted by atomic mass is 10.2. The average Bonchev–Trinajstić information content (AvgIpc) is 3.25. The molecule has 1 amide bonds. The molecule has 0 fully saturated rings. The van der Waals surface area contributed by atoms with E-state index in [1.807, 2.05) is 6.92 Å². The Bertz CT molecular complexity index is 896. The van der Waals surface area contributed by atoms with E-state index in [-0.39, 0.29) is 5.91 Å². The van der Waals surface area contributed by atoms with Gasteiger partial charge in [0.25, 0.3) is 5.91 Å². The van der Waals surface area contributed by atoms with Gasteiger partial charge in [0.05, 0.1) is 5.69 Å². The van der Waals surface area contributed by atoms with Gasteiger partial charge in [-0.2, -0.15) is 23.4 Å². The average molecular weight is 363 g/mol. The fourth-order valence-corrected chi connectivity index (χ4v) is 2.40. The number of carbonyl (C=O) groups excluding carboxylic acids is 1. The molecule has 3 rings (SSSR count). The van der Waals surface area contributed by atoms with Crippen LogP contribution < -0.4 is 5.32 Å². The van der Waals surface area contributed by atoms with Gasteiger partial charge < -0.3 is 5.32 Å². The van der Waals surface area contributed by atoms with Crippen LogP contribution in [0, 0.1) is 0 Å². The summed E-state index contributed by atoms with van der Waals surface area (Å²) < 4.78 is 38.9. The van der Waals surface area contributed by atoms with Crippen molar-refractivity contribution < 1.29 is 18.0 Å². The number of benzene rings is 1. The summed E-state index contributed by atoms with van der Waals surface area (Å²) >= 11 is 0. The normalized spacial score (nSPS) is 11.5. The number of carbonyl (C=O) groups is 1. The van der Waals surface area contributed by atoms with Gasteiger partial charge in [-0.15, -0.1) is 0 Å². The van der Waals surface area contributed by atoms with Crippen LogP contribution in [-0.4, -0.2) is 25.9 Å². The lowest BCUT2D eigenvalue weighted by Gasteiger charge is -2.05. The second-order valence-electron chi connectivity index (χ2n) is 5.67. The molecule has 0 aliphatic rings. The van der Waals surface area contributed by atoms with Crippen LogP contribution >= 0.6 is 0 Å². The van der Waals surface area contributed by atoms with E-state index in [0.717, 1.165) is 29.3 Å². The summed E-state index contributed by atoms with van der Waals surface area (Å²) in [7, 11) is 0. The van der Waals surface area contributed by atoms with E-state index in [4.69, 9.17) is 0 Å². The van der Waals surface area contributed by atoms with Crippen LogP contribution in [0.1, 0.15) is 35.1 Å². The zero-order chi connectivity index (χ0) is 18.7. The van der Waals surface area contributed by atoms with E-state index in [0.29, 0.717) is 17.1 Å². The van der Waals surface area contributed by atoms with Gasteiger partial charge in [-0.25, -0.2) is 4.68 Å². The number of hydrogen-bond donors (Lipinski definition) is 2. The Kier molecular flexibility index (Phi) is 4.79. The molecule has 0 saturated heterocycles. The molecular weight excluding hydrogens is 347 g/mol. The minimum absolute atomic E-state index is 0.358. The van der Waals surface area contributed by atoms with Crippen molar-refractivity contribution in [2.24, 2.45) is 0 Å². The monoisotopic (exact) mass is 363 g/mol. The van der Waals surface area contributed by atoms with Crippen LogP contribution in [0.15, 0.2) is 42.6 Å². The molecule has 0 radical (unpaired) electrons. The lowest BCUT2D eigenvalue weighted by molar-refractivity contribution is -0.141. The Labute approximate surface area is 147 Å². The molecule has 6 nitrogen and oxygen atoms in total. The number of nitrogens with zero attached hydrogens (tertiary/aromatic N) is 3. The number of alkyl halides is 3. The molecule has 2 heterocycles. The minimum atomic E-state index is -4.49. The first-order valence-electron chi connectivity index (χ1n) is 7.96. The largest absolute Gasteiger partial charge is 0.435 e. The zero-order valence-electron chi connectivity index (χ0n) is 13.8. The van der Waals surface area contributed by atoms with Crippen molar-refractivity contribution >= 4 is 11.7 Å². The highest BCUT2D eigenvalue weighted by Crippen LogP contribution is 2.27. The van der Waals surface area contributed by atoms with Gasteiger partial charge in [0.2, 0.25) is 0 Å². The number of aryl methyl sites for hydroxylation is 1. The van der Waals surface area contributed by atoms with Gasteiger partial charge in [0, 0.05) is 23.5 Å². The van der Waals surface area contributed by atoms with E-state index in [1.54, 1.807) is 6.07 Å². The van der Waals surface area contributed by atoms with Gasteiger partial charge in [-0.3, -0.25) is 9.89 Å². The zero-order valence-corrected chi connectivity index (χ0v) is 13.8. The lowest BCUT2D eigenvalue weighted by Crippen LogP contribution is -2.12. The Morgan fingerprint density at radius 2 is 1.96 bits per heavy atom. The van der Waals surface area contributed by atoms with E-state index in [9.17, 15) is 18.0 Å². The molecule has 3 aromatic rings. The van der Waals surface area contributed by atoms with Gasteiger partial charge in [-0.05, 0) is 36.8 Å². The Hall–Kier alpha value is -3.10. The highest BCUT2D eigenvalue weighted by Gasteiger charge is 2.33. The van der Waals surface area contributed by atoms with Crippen molar-refractivity contribution in [1.29, 1.82) is 0 Å². The van der Waals surface area contributed by atoms with E-state index in [1.165, 1.54) is 30.5 Å². The first-order chi connectivity index (χ1) is 12.4. The highest BCUT2D eigenvalue weighted by molar-refractivity contribution is 6.03. The van der Waals surface area contributed by atoms with Crippen molar-refractivity contribution in [3.8, 4) is 5.69 Å². The van der Waals surface area contributed by atoms with Gasteiger partial charge >= 0.3 is 6.18 Å². The molecule has 0 spiro atoms. The third kappa shape index (κ3) is 3.93. The summed E-state index contributed by atoms with van der Waals surface area (Å²) in [6.45, 7) is 2.04. The Morgan fingerprint density at radius 3 is 2.58 bits per heavy atom. The third-order valence-electron chi connectivity index (χ3n) is 3.67. The van der Waals surface area contributed by atoms with Gasteiger partial charge in [0.1, 0.15) is 0 Å². The molecule has 0 atom stereocenters. The number of anilines is 1. The first-order valence-corrected chi connectivity index (χ1v) is 7.96. The van der Waals surface area contributed by atoms with Crippen LogP contribution in [-0.2, 0) is 12.6 Å². The number of rotatable bonds is 5. The van der Waals surface area contributed by atoms with Crippen molar-refractivity contribution in [1.82, 2.24) is 20.0 Å². The topological polar surface area (TPSA) is 75.6 Å². The van der Waals surface area contributed by atoms with Gasteiger partial charge in [0.15, 0.2) is 11.5 Å². The summed E-state index contributed by atoms with van der Waals surface area (Å²) in [5.41, 5.74) is 0.733. The summed E-state index contributed by atoms with van der Waals surface area (Å²) in [5.74, 6) is 0.0620. The van der Waals surface area contributed by atoms with Crippen molar-refractivity contribution in [3.63, 3.8) is 0 Å². The number of aromatic amines is 1. The molecule has 0 aliphatic heterocycles. The summed E-state index contributed by atoms with van der Waals surface area (Å²) in [4.78, 5) is 12.2. The molecule has 2 N–H and O–H groups in total. The smallest absolute Gasteiger partial charge is 0.305 e. The van der Waals surface area contributed by atoms with E-state index < -0.39 is 11.9 Å². The summed E-state index contributed by atoms with van der Waals surface area (Å²) in [6.07, 6.45) is -1.48. The molecule has 9 heteroatoms. The summed E-state index contributed by atoms with van der Waals surface area (Å²) in [5, 5.41) is 13.0. The number of amides is 1. The standard InChI is InChI=1S/C17H16F3N5O/c1-2-3-12-10-15(23-22-12)21-16(26)11-4-6-13(7-5-11)25-9-8-14(24-25)17(18,19)20/h4-10H,2-3H2,1H3,(H2,21,22,23,26). The van der Waals surface area contributed by atoms with Gasteiger partial charge in [-0.1, -0.05) is 13.3 Å². The van der Waals surface area contributed by atoms with Crippen LogP contribution in [0.5, 0.6) is 0 Å². The molecule has 26 heavy (non-hydrogen) atoms. The number of aromatic nitrogens is 4. The van der Waals surface area contributed by atoms with Crippen LogP contribution in [0.4, 0.5) is 19.0 Å². The molecule has 0 bridgehead atoms. The number of halogens is 3. The minimum Gasteiger partial charge on any atom is -0.305 e. The Morgan fingerprint density at radius 1 is 1.23 bits per heavy atom. The van der Waals surface area contributed by atoms with Crippen molar-refractivity contribution in [2.45, 2.75) is 25.9 Å². The molecule has 0 aliphatic carbocycles. The fourth-order valence-electron chi connectivity index (χ4n) is 2.40.